The second-order valence-electron chi connectivity index (χ2n) is 13.7. The number of esters is 1. The summed E-state index contributed by atoms with van der Waals surface area (Å²) in [5, 5.41) is 12.2. The van der Waals surface area contributed by atoms with Crippen molar-refractivity contribution >= 4 is 29.4 Å². The molecule has 0 aromatic heterocycles. The molecule has 10 nitrogen and oxygen atoms in total. The summed E-state index contributed by atoms with van der Waals surface area (Å²) in [6, 6.07) is 14.1. The Labute approximate surface area is 295 Å². The lowest BCUT2D eigenvalue weighted by atomic mass is 9.70. The maximum atomic E-state index is 14.9. The number of ether oxygens (including phenoxy) is 2. The van der Waals surface area contributed by atoms with E-state index >= 15 is 0 Å². The van der Waals surface area contributed by atoms with E-state index in [9.17, 15) is 24.3 Å². The molecule has 5 rings (SSSR count). The highest BCUT2D eigenvalue weighted by Gasteiger charge is 2.75. The Hall–Kier alpha value is -4.28. The van der Waals surface area contributed by atoms with Crippen LogP contribution in [0.3, 0.4) is 0 Å². The number of hydrogen-bond acceptors (Lipinski definition) is 7. The second kappa shape index (κ2) is 16.6. The first-order chi connectivity index (χ1) is 24.2. The van der Waals surface area contributed by atoms with Gasteiger partial charge in [-0.25, -0.2) is 0 Å². The van der Waals surface area contributed by atoms with E-state index in [1.54, 1.807) is 22.0 Å². The van der Waals surface area contributed by atoms with Crippen LogP contribution in [0.4, 0.5) is 5.69 Å². The van der Waals surface area contributed by atoms with E-state index in [1.807, 2.05) is 62.4 Å². The Morgan fingerprint density at radius 3 is 2.46 bits per heavy atom. The average molecular weight is 686 g/mol. The minimum atomic E-state index is -1.19. The molecule has 3 saturated heterocycles. The molecule has 10 heteroatoms. The summed E-state index contributed by atoms with van der Waals surface area (Å²) < 4.78 is 12.9. The van der Waals surface area contributed by atoms with E-state index in [1.165, 1.54) is 0 Å². The van der Waals surface area contributed by atoms with Crippen LogP contribution in [-0.2, 0) is 28.7 Å². The van der Waals surface area contributed by atoms with Crippen LogP contribution in [-0.4, -0.2) is 77.7 Å². The highest BCUT2D eigenvalue weighted by Crippen LogP contribution is 2.59. The Kier molecular flexibility index (Phi) is 12.3. The van der Waals surface area contributed by atoms with Gasteiger partial charge in [0.05, 0.1) is 24.5 Å². The number of unbranched alkanes of at least 4 members (excludes halogenated alkanes) is 3. The molecular weight excluding hydrogens is 634 g/mol. The molecule has 3 fully saturated rings. The molecule has 1 spiro atoms. The van der Waals surface area contributed by atoms with Gasteiger partial charge < -0.3 is 29.7 Å². The molecule has 50 heavy (non-hydrogen) atoms. The van der Waals surface area contributed by atoms with Crippen LogP contribution in [0, 0.1) is 25.7 Å². The number of nitrogens with zero attached hydrogens (tertiary/aromatic N) is 2. The molecule has 0 saturated carbocycles. The number of carbonyl (C=O) groups excluding carboxylic acids is 4. The van der Waals surface area contributed by atoms with E-state index in [2.05, 4.69) is 18.5 Å². The highest BCUT2D eigenvalue weighted by molar-refractivity contribution is 6.05. The fourth-order valence-electron chi connectivity index (χ4n) is 8.13. The smallest absolute Gasteiger partial charge is 0.313 e. The number of nitrogens with one attached hydrogen (secondary N) is 1. The van der Waals surface area contributed by atoms with Crippen molar-refractivity contribution in [2.75, 3.05) is 31.1 Å². The second-order valence-corrected chi connectivity index (χ2v) is 13.7. The molecule has 6 atom stereocenters. The number of allylic oxidation sites excluding steroid dienone is 1. The van der Waals surface area contributed by atoms with Crippen molar-refractivity contribution in [1.82, 2.24) is 10.2 Å². The molecular formula is C40H51N3O7. The zero-order chi connectivity index (χ0) is 35.8. The quantitative estimate of drug-likeness (QED) is 0.127. The number of anilines is 1. The molecule has 2 aromatic rings. The van der Waals surface area contributed by atoms with Gasteiger partial charge in [0.25, 0.3) is 5.91 Å². The standard InChI is InChI=1S/C40H51N3O7/c1-5-7-20-32(45)41-26-31(29-18-11-10-12-19-29)49-39(48)33-30-21-22-40(50-30)34(33)37(46)43(24-13-8-9-14-25-44)36(40)38(47)42(23-6-2)35-27(3)16-15-17-28(35)4/h5-6,10-12,15-19,30-31,33-34,36,44H,1-2,7-9,13-14,20-26H2,3-4H3,(H,41,45)/t30-,31-,33+,34+,36-,40+/m1/s1. The molecule has 2 bridgehead atoms. The SMILES string of the molecule is C=CCCC(=O)NC[C@@H](OC(=O)[C@@H]1[C@H]2C(=O)N(CCCCCCO)[C@H](C(=O)N(CC=C)c3c(C)cccc3C)[C@]23CC[C@H]1O3)c1ccccc1. The number of aliphatic hydroxyl groups excluding tert-OH is 1. The van der Waals surface area contributed by atoms with Gasteiger partial charge in [-0.2, -0.15) is 0 Å². The summed E-state index contributed by atoms with van der Waals surface area (Å²) in [6.45, 7) is 12.3. The third-order valence-electron chi connectivity index (χ3n) is 10.4. The number of likely N-dealkylation sites (tertiary alicyclic amines) is 1. The monoisotopic (exact) mass is 685 g/mol. The van der Waals surface area contributed by atoms with Gasteiger partial charge in [0.2, 0.25) is 11.8 Å². The maximum Gasteiger partial charge on any atom is 0.313 e. The fourth-order valence-corrected chi connectivity index (χ4v) is 8.13. The van der Waals surface area contributed by atoms with Crippen molar-refractivity contribution < 1.29 is 33.8 Å². The molecule has 0 radical (unpaired) electrons. The van der Waals surface area contributed by atoms with Crippen LogP contribution in [0.15, 0.2) is 73.8 Å². The number of aryl methyl sites for hydroxylation is 2. The van der Waals surface area contributed by atoms with E-state index in [4.69, 9.17) is 9.47 Å². The Bertz CT molecular complexity index is 1540. The number of rotatable bonds is 18. The molecule has 268 valence electrons. The molecule has 3 heterocycles. The van der Waals surface area contributed by atoms with Crippen LogP contribution in [0.1, 0.15) is 74.2 Å². The van der Waals surface area contributed by atoms with Crippen molar-refractivity contribution in [2.24, 2.45) is 11.8 Å². The number of fused-ring (bicyclic) bond motifs is 1. The van der Waals surface area contributed by atoms with Gasteiger partial charge in [-0.1, -0.05) is 73.5 Å². The third kappa shape index (κ3) is 7.42. The number of para-hydroxylation sites is 1. The topological polar surface area (TPSA) is 125 Å². The fraction of sp³-hybridized carbons (Fsp3) is 0.500. The molecule has 0 aliphatic carbocycles. The van der Waals surface area contributed by atoms with E-state index in [-0.39, 0.29) is 43.8 Å². The lowest BCUT2D eigenvalue weighted by Gasteiger charge is -2.37. The summed E-state index contributed by atoms with van der Waals surface area (Å²) >= 11 is 0. The van der Waals surface area contributed by atoms with Crippen LogP contribution < -0.4 is 10.2 Å². The predicted molar refractivity (Wildman–Crippen MR) is 191 cm³/mol. The van der Waals surface area contributed by atoms with Crippen LogP contribution >= 0.6 is 0 Å². The Balaban J connectivity index is 1.46. The number of aliphatic hydroxyl groups is 1. The first-order valence-corrected chi connectivity index (χ1v) is 17.9. The normalized spacial score (nSPS) is 24.1. The van der Waals surface area contributed by atoms with Crippen molar-refractivity contribution in [3.05, 3.63) is 90.5 Å². The van der Waals surface area contributed by atoms with Crippen LogP contribution in [0.5, 0.6) is 0 Å². The van der Waals surface area contributed by atoms with Gasteiger partial charge in [0.15, 0.2) is 0 Å². The summed E-state index contributed by atoms with van der Waals surface area (Å²) in [5.74, 6) is -3.07. The third-order valence-corrected chi connectivity index (χ3v) is 10.4. The minimum Gasteiger partial charge on any atom is -0.455 e. The van der Waals surface area contributed by atoms with Crippen molar-refractivity contribution in [1.29, 1.82) is 0 Å². The summed E-state index contributed by atoms with van der Waals surface area (Å²) in [5.41, 5.74) is 2.15. The Morgan fingerprint density at radius 1 is 1.06 bits per heavy atom. The van der Waals surface area contributed by atoms with Crippen molar-refractivity contribution in [3.8, 4) is 0 Å². The first-order valence-electron chi connectivity index (χ1n) is 17.9. The number of benzene rings is 2. The van der Waals surface area contributed by atoms with E-state index in [0.717, 1.165) is 29.7 Å². The van der Waals surface area contributed by atoms with Gasteiger partial charge in [-0.3, -0.25) is 19.2 Å². The van der Waals surface area contributed by atoms with Crippen LogP contribution in [0.2, 0.25) is 0 Å². The molecule has 0 unspecified atom stereocenters. The maximum absolute atomic E-state index is 14.9. The lowest BCUT2D eigenvalue weighted by molar-refractivity contribution is -0.160. The van der Waals surface area contributed by atoms with Gasteiger partial charge in [-0.15, -0.1) is 13.2 Å². The highest BCUT2D eigenvalue weighted by atomic mass is 16.6. The van der Waals surface area contributed by atoms with Crippen LogP contribution in [0.25, 0.3) is 0 Å². The van der Waals surface area contributed by atoms with Gasteiger partial charge in [-0.05, 0) is 62.6 Å². The summed E-state index contributed by atoms with van der Waals surface area (Å²) in [4.78, 5) is 59.6. The van der Waals surface area contributed by atoms with Gasteiger partial charge in [0, 0.05) is 31.8 Å². The predicted octanol–water partition coefficient (Wildman–Crippen LogP) is 5.12. The van der Waals surface area contributed by atoms with E-state index < -0.39 is 41.7 Å². The first kappa shape index (κ1) is 37.0. The molecule has 2 N–H and O–H groups in total. The minimum absolute atomic E-state index is 0.0705. The van der Waals surface area contributed by atoms with E-state index in [0.29, 0.717) is 44.2 Å². The molecule has 3 aliphatic rings. The number of amides is 3. The largest absolute Gasteiger partial charge is 0.455 e. The Morgan fingerprint density at radius 2 is 1.78 bits per heavy atom. The van der Waals surface area contributed by atoms with Crippen molar-refractivity contribution in [2.45, 2.75) is 89.1 Å². The van der Waals surface area contributed by atoms with Gasteiger partial charge >= 0.3 is 5.97 Å². The van der Waals surface area contributed by atoms with Gasteiger partial charge in [0.1, 0.15) is 17.7 Å². The molecule has 3 amide bonds. The molecule has 3 aliphatic heterocycles. The number of carbonyl (C=O) groups is 4. The van der Waals surface area contributed by atoms with Crippen molar-refractivity contribution in [3.63, 3.8) is 0 Å². The number of hydrogen-bond donors (Lipinski definition) is 2. The lowest BCUT2D eigenvalue weighted by Crippen LogP contribution is -2.56. The summed E-state index contributed by atoms with van der Waals surface area (Å²) in [7, 11) is 0. The zero-order valence-corrected chi connectivity index (χ0v) is 29.4. The zero-order valence-electron chi connectivity index (χ0n) is 29.4. The average Bonchev–Trinajstić information content (AvgIpc) is 3.76. The summed E-state index contributed by atoms with van der Waals surface area (Å²) in [6.07, 6.45) is 6.66. The molecule has 2 aromatic carbocycles.